The molecule has 0 unspecified atom stereocenters. The summed E-state index contributed by atoms with van der Waals surface area (Å²) in [5.41, 5.74) is 5.77. The Morgan fingerprint density at radius 3 is 2.32 bits per heavy atom. The van der Waals surface area contributed by atoms with Crippen LogP contribution in [0.25, 0.3) is 28.1 Å². The number of methoxy groups -OCH3 is 2. The van der Waals surface area contributed by atoms with Gasteiger partial charge in [-0.2, -0.15) is 5.26 Å². The van der Waals surface area contributed by atoms with E-state index in [4.69, 9.17) is 18.9 Å². The predicted molar refractivity (Wildman–Crippen MR) is 164 cm³/mol. The standard InChI is InChI=1S/C22H17N3O5.C10H7N3S/c1-27-13-17(22(26)28-2)16-8-4-6-10-19(16)30-21-11-20(24-14-25-21)29-18-9-5-3-7-15(18)12-23;1-2-4-8-7(3-1)12-10(13-8)9-5-14-6-11-9/h3-11,13-14H,1-2H3;1-6H,(H,12,13)/b17-13+;. The summed E-state index contributed by atoms with van der Waals surface area (Å²) < 4.78 is 21.4. The zero-order valence-electron chi connectivity index (χ0n) is 23.5. The lowest BCUT2D eigenvalue weighted by Gasteiger charge is -2.12. The Morgan fingerprint density at radius 2 is 1.61 bits per heavy atom. The van der Waals surface area contributed by atoms with Crippen molar-refractivity contribution in [1.82, 2.24) is 24.9 Å². The smallest absolute Gasteiger partial charge is 0.341 e. The second-order valence-electron chi connectivity index (χ2n) is 8.74. The van der Waals surface area contributed by atoms with Crippen molar-refractivity contribution in [2.75, 3.05) is 14.2 Å². The van der Waals surface area contributed by atoms with E-state index in [1.807, 2.05) is 35.2 Å². The number of aromatic nitrogens is 5. The second-order valence-corrected chi connectivity index (χ2v) is 9.46. The molecule has 6 aromatic rings. The number of hydrogen-bond donors (Lipinski definition) is 1. The highest BCUT2D eigenvalue weighted by Crippen LogP contribution is 2.32. The van der Waals surface area contributed by atoms with Crippen molar-refractivity contribution >= 4 is 33.9 Å². The fourth-order valence-corrected chi connectivity index (χ4v) is 4.48. The normalized spacial score (nSPS) is 10.7. The number of thiazole rings is 1. The van der Waals surface area contributed by atoms with Gasteiger partial charge in [0.25, 0.3) is 0 Å². The topological polar surface area (TPSA) is 145 Å². The lowest BCUT2D eigenvalue weighted by atomic mass is 10.1. The summed E-state index contributed by atoms with van der Waals surface area (Å²) in [5.74, 6) is 1.36. The largest absolute Gasteiger partial charge is 0.503 e. The third-order valence-electron chi connectivity index (χ3n) is 5.94. The average Bonchev–Trinajstić information content (AvgIpc) is 3.75. The Kier molecular flexibility index (Phi) is 9.51. The zero-order chi connectivity index (χ0) is 30.7. The van der Waals surface area contributed by atoms with Crippen molar-refractivity contribution in [2.24, 2.45) is 0 Å². The molecule has 218 valence electrons. The van der Waals surface area contributed by atoms with Crippen LogP contribution in [0.2, 0.25) is 0 Å². The van der Waals surface area contributed by atoms with Crippen LogP contribution in [0.5, 0.6) is 23.3 Å². The number of aromatic amines is 1. The first-order valence-corrected chi connectivity index (χ1v) is 13.9. The highest BCUT2D eigenvalue weighted by atomic mass is 32.1. The molecule has 0 radical (unpaired) electrons. The van der Waals surface area contributed by atoms with Gasteiger partial charge in [0.1, 0.15) is 35.2 Å². The predicted octanol–water partition coefficient (Wildman–Crippen LogP) is 6.78. The van der Waals surface area contributed by atoms with Gasteiger partial charge in [-0.25, -0.2) is 24.7 Å². The van der Waals surface area contributed by atoms with Gasteiger partial charge in [-0.3, -0.25) is 0 Å². The molecule has 0 atom stereocenters. The van der Waals surface area contributed by atoms with E-state index in [2.05, 4.69) is 31.0 Å². The van der Waals surface area contributed by atoms with Crippen LogP contribution in [0, 0.1) is 11.3 Å². The van der Waals surface area contributed by atoms with Gasteiger partial charge in [0.2, 0.25) is 11.8 Å². The molecule has 0 saturated carbocycles. The fraction of sp³-hybridized carbons (Fsp3) is 0.0625. The highest BCUT2D eigenvalue weighted by molar-refractivity contribution is 7.07. The Hall–Kier alpha value is -6.06. The molecule has 3 heterocycles. The number of hydrogen-bond acceptors (Lipinski definition) is 11. The molecule has 0 spiro atoms. The van der Waals surface area contributed by atoms with Crippen LogP contribution in [0.1, 0.15) is 11.1 Å². The average molecular weight is 605 g/mol. The Balaban J connectivity index is 0.000000226. The van der Waals surface area contributed by atoms with E-state index >= 15 is 0 Å². The monoisotopic (exact) mass is 604 g/mol. The number of rotatable bonds is 8. The summed E-state index contributed by atoms with van der Waals surface area (Å²) in [6, 6.07) is 25.2. The number of nitrogens with one attached hydrogen (secondary N) is 1. The van der Waals surface area contributed by atoms with Gasteiger partial charge in [0.05, 0.1) is 48.7 Å². The fourth-order valence-electron chi connectivity index (χ4n) is 3.94. The first-order valence-electron chi connectivity index (χ1n) is 13.0. The van der Waals surface area contributed by atoms with E-state index < -0.39 is 5.97 Å². The molecule has 0 amide bonds. The number of nitriles is 1. The minimum Gasteiger partial charge on any atom is -0.503 e. The minimum atomic E-state index is -0.576. The van der Waals surface area contributed by atoms with Gasteiger partial charge in [-0.15, -0.1) is 11.3 Å². The van der Waals surface area contributed by atoms with Crippen molar-refractivity contribution in [3.8, 4) is 40.8 Å². The lowest BCUT2D eigenvalue weighted by molar-refractivity contribution is -0.133. The second kappa shape index (κ2) is 14.2. The number of nitrogens with zero attached hydrogens (tertiary/aromatic N) is 5. The maximum absolute atomic E-state index is 12.1. The maximum Gasteiger partial charge on any atom is 0.341 e. The number of H-pyrrole nitrogens is 1. The number of imidazole rings is 1. The van der Waals surface area contributed by atoms with Gasteiger partial charge in [-0.05, 0) is 30.3 Å². The first kappa shape index (κ1) is 29.4. The molecule has 0 aliphatic heterocycles. The van der Waals surface area contributed by atoms with Crippen LogP contribution in [-0.4, -0.2) is 45.1 Å². The molecule has 0 bridgehead atoms. The first-order chi connectivity index (χ1) is 21.6. The molecular weight excluding hydrogens is 580 g/mol. The van der Waals surface area contributed by atoms with Gasteiger partial charge in [0.15, 0.2) is 5.82 Å². The van der Waals surface area contributed by atoms with Gasteiger partial charge < -0.3 is 23.9 Å². The minimum absolute atomic E-state index is 0.184. The molecule has 0 aliphatic rings. The van der Waals surface area contributed by atoms with Gasteiger partial charge in [-0.1, -0.05) is 42.5 Å². The summed E-state index contributed by atoms with van der Waals surface area (Å²) in [4.78, 5) is 32.1. The molecule has 12 heteroatoms. The number of benzene rings is 3. The van der Waals surface area contributed by atoms with E-state index in [1.165, 1.54) is 32.9 Å². The SMILES string of the molecule is CO/C=C(/C(=O)OC)c1ccccc1Oc1cc(Oc2ccccc2C#N)ncn1.c1ccc2[nH]c(-c3cscn3)nc2c1. The van der Waals surface area contributed by atoms with Crippen molar-refractivity contribution in [2.45, 2.75) is 0 Å². The van der Waals surface area contributed by atoms with Crippen molar-refractivity contribution in [3.05, 3.63) is 113 Å². The summed E-state index contributed by atoms with van der Waals surface area (Å²) >= 11 is 1.57. The van der Waals surface area contributed by atoms with Crippen molar-refractivity contribution in [1.29, 1.82) is 5.26 Å². The molecule has 6 rings (SSSR count). The van der Waals surface area contributed by atoms with E-state index in [1.54, 1.807) is 59.9 Å². The summed E-state index contributed by atoms with van der Waals surface area (Å²) in [6.07, 6.45) is 2.55. The quantitative estimate of drug-likeness (QED) is 0.112. The van der Waals surface area contributed by atoms with E-state index in [9.17, 15) is 10.1 Å². The van der Waals surface area contributed by atoms with Crippen LogP contribution in [0.3, 0.4) is 0 Å². The Bertz CT molecular complexity index is 1920. The molecule has 44 heavy (non-hydrogen) atoms. The third kappa shape index (κ3) is 7.04. The summed E-state index contributed by atoms with van der Waals surface area (Å²) in [5, 5.41) is 11.2. The number of ether oxygens (including phenoxy) is 4. The van der Waals surface area contributed by atoms with E-state index in [0.717, 1.165) is 22.6 Å². The van der Waals surface area contributed by atoms with Crippen molar-refractivity contribution in [3.63, 3.8) is 0 Å². The van der Waals surface area contributed by atoms with E-state index in [-0.39, 0.29) is 17.3 Å². The maximum atomic E-state index is 12.1. The molecule has 0 saturated heterocycles. The van der Waals surface area contributed by atoms with Gasteiger partial charge in [0, 0.05) is 10.9 Å². The Morgan fingerprint density at radius 1 is 0.909 bits per heavy atom. The van der Waals surface area contributed by atoms with E-state index in [0.29, 0.717) is 22.6 Å². The number of para-hydroxylation sites is 4. The molecule has 3 aromatic heterocycles. The van der Waals surface area contributed by atoms with Gasteiger partial charge >= 0.3 is 5.97 Å². The summed E-state index contributed by atoms with van der Waals surface area (Å²) in [7, 11) is 2.71. The molecule has 0 fully saturated rings. The number of fused-ring (bicyclic) bond motifs is 1. The molecule has 11 nitrogen and oxygen atoms in total. The highest BCUT2D eigenvalue weighted by Gasteiger charge is 2.18. The third-order valence-corrected chi connectivity index (χ3v) is 6.52. The van der Waals surface area contributed by atoms with Crippen LogP contribution >= 0.6 is 11.3 Å². The molecule has 1 N–H and O–H groups in total. The van der Waals surface area contributed by atoms with Crippen LogP contribution in [0.15, 0.2) is 102 Å². The zero-order valence-corrected chi connectivity index (χ0v) is 24.3. The number of carbonyl (C=O) groups excluding carboxylic acids is 1. The lowest BCUT2D eigenvalue weighted by Crippen LogP contribution is -2.06. The van der Waals surface area contributed by atoms with Crippen molar-refractivity contribution < 1.29 is 23.7 Å². The summed E-state index contributed by atoms with van der Waals surface area (Å²) in [6.45, 7) is 0. The number of esters is 1. The molecule has 3 aromatic carbocycles. The van der Waals surface area contributed by atoms with Crippen LogP contribution < -0.4 is 9.47 Å². The molecular formula is C32H24N6O5S. The van der Waals surface area contributed by atoms with Crippen LogP contribution in [-0.2, 0) is 14.3 Å². The van der Waals surface area contributed by atoms with Crippen LogP contribution in [0.4, 0.5) is 0 Å². The number of carbonyl (C=O) groups is 1. The Labute approximate surface area is 256 Å². The molecule has 0 aliphatic carbocycles.